The molecule has 1 unspecified atom stereocenters. The number of hydrogen-bond donors (Lipinski definition) is 1. The van der Waals surface area contributed by atoms with Crippen LogP contribution >= 0.6 is 11.6 Å². The Hall–Kier alpha value is -2.14. The van der Waals surface area contributed by atoms with E-state index in [9.17, 15) is 4.79 Å². The van der Waals surface area contributed by atoms with Crippen LogP contribution in [-0.4, -0.2) is 29.0 Å². The Bertz CT molecular complexity index is 689. The number of nitrogens with one attached hydrogen (secondary N) is 1. The zero-order valence-corrected chi connectivity index (χ0v) is 13.8. The van der Waals surface area contributed by atoms with E-state index in [1.54, 1.807) is 36.7 Å². The molecule has 1 aliphatic heterocycles. The van der Waals surface area contributed by atoms with Crippen molar-refractivity contribution in [2.45, 2.75) is 19.8 Å². The fourth-order valence-corrected chi connectivity index (χ4v) is 2.93. The van der Waals surface area contributed by atoms with Crippen LogP contribution in [-0.2, 0) is 0 Å². The van der Waals surface area contributed by atoms with Gasteiger partial charge in [0.15, 0.2) is 0 Å². The van der Waals surface area contributed by atoms with E-state index in [2.05, 4.69) is 27.1 Å². The number of nitrogens with zero attached hydrogens (tertiary/aromatic N) is 3. The number of benzene rings is 1. The average Bonchev–Trinajstić information content (AvgIpc) is 2.55. The molecule has 5 nitrogen and oxygen atoms in total. The van der Waals surface area contributed by atoms with Crippen LogP contribution in [0.5, 0.6) is 0 Å². The Morgan fingerprint density at radius 1 is 1.35 bits per heavy atom. The molecule has 1 fully saturated rings. The van der Waals surface area contributed by atoms with Gasteiger partial charge in [-0.2, -0.15) is 0 Å². The van der Waals surface area contributed by atoms with Gasteiger partial charge < -0.3 is 10.2 Å². The van der Waals surface area contributed by atoms with Gasteiger partial charge in [0, 0.05) is 36.2 Å². The van der Waals surface area contributed by atoms with E-state index in [1.807, 2.05) is 0 Å². The third-order valence-corrected chi connectivity index (χ3v) is 4.16. The summed E-state index contributed by atoms with van der Waals surface area (Å²) in [7, 11) is 0. The summed E-state index contributed by atoms with van der Waals surface area (Å²) in [5.74, 6) is 1.10. The first-order chi connectivity index (χ1) is 11.1. The molecule has 23 heavy (non-hydrogen) atoms. The highest BCUT2D eigenvalue weighted by atomic mass is 35.5. The van der Waals surface area contributed by atoms with Crippen molar-refractivity contribution < 1.29 is 4.79 Å². The number of carbonyl (C=O) groups is 1. The lowest BCUT2D eigenvalue weighted by Crippen LogP contribution is -2.35. The van der Waals surface area contributed by atoms with E-state index in [-0.39, 0.29) is 5.91 Å². The Morgan fingerprint density at radius 3 is 2.83 bits per heavy atom. The van der Waals surface area contributed by atoms with Gasteiger partial charge in [0.2, 0.25) is 5.95 Å². The molecule has 0 aliphatic carbocycles. The monoisotopic (exact) mass is 330 g/mol. The van der Waals surface area contributed by atoms with E-state index >= 15 is 0 Å². The van der Waals surface area contributed by atoms with Crippen LogP contribution in [0, 0.1) is 5.92 Å². The van der Waals surface area contributed by atoms with Gasteiger partial charge >= 0.3 is 0 Å². The van der Waals surface area contributed by atoms with Gasteiger partial charge in [0.1, 0.15) is 0 Å². The van der Waals surface area contributed by atoms with Crippen molar-refractivity contribution in [1.29, 1.82) is 0 Å². The molecule has 1 N–H and O–H groups in total. The summed E-state index contributed by atoms with van der Waals surface area (Å²) in [6.45, 7) is 4.17. The number of hydrogen-bond acceptors (Lipinski definition) is 4. The molecule has 0 spiro atoms. The molecule has 120 valence electrons. The van der Waals surface area contributed by atoms with Crippen molar-refractivity contribution in [2.75, 3.05) is 23.3 Å². The van der Waals surface area contributed by atoms with Crippen LogP contribution in [0.4, 0.5) is 11.6 Å². The molecular weight excluding hydrogens is 312 g/mol. The predicted octanol–water partition coefficient (Wildman–Crippen LogP) is 3.62. The normalized spacial score (nSPS) is 17.8. The van der Waals surface area contributed by atoms with E-state index in [1.165, 1.54) is 6.42 Å². The fourth-order valence-electron chi connectivity index (χ4n) is 2.74. The highest BCUT2D eigenvalue weighted by Gasteiger charge is 2.19. The van der Waals surface area contributed by atoms with Crippen molar-refractivity contribution >= 4 is 29.1 Å². The van der Waals surface area contributed by atoms with Gasteiger partial charge in [-0.15, -0.1) is 0 Å². The van der Waals surface area contributed by atoms with Crippen LogP contribution in [0.25, 0.3) is 0 Å². The third kappa shape index (κ3) is 3.99. The maximum absolute atomic E-state index is 12.2. The van der Waals surface area contributed by atoms with Crippen molar-refractivity contribution in [3.05, 3.63) is 47.2 Å². The molecule has 3 rings (SSSR count). The molecular formula is C17H19ClN4O. The second-order valence-corrected chi connectivity index (χ2v) is 6.37. The Labute approximate surface area is 140 Å². The van der Waals surface area contributed by atoms with E-state index in [0.717, 1.165) is 19.5 Å². The minimum atomic E-state index is -0.245. The Kier molecular flexibility index (Phi) is 4.76. The second-order valence-electron chi connectivity index (χ2n) is 5.93. The van der Waals surface area contributed by atoms with Gasteiger partial charge in [-0.05, 0) is 37.0 Å². The zero-order chi connectivity index (χ0) is 16.2. The fraction of sp³-hybridized carbons (Fsp3) is 0.353. The first-order valence-corrected chi connectivity index (χ1v) is 8.13. The van der Waals surface area contributed by atoms with Crippen molar-refractivity contribution in [3.63, 3.8) is 0 Å². The minimum absolute atomic E-state index is 0.245. The quantitative estimate of drug-likeness (QED) is 0.933. The van der Waals surface area contributed by atoms with Crippen LogP contribution in [0.3, 0.4) is 0 Å². The Balaban J connectivity index is 1.68. The SMILES string of the molecule is CC1CCCN(c2ncc(C(=O)Nc3cccc(Cl)c3)cn2)C1. The topological polar surface area (TPSA) is 58.1 Å². The molecule has 0 radical (unpaired) electrons. The molecule has 1 amide bonds. The number of amides is 1. The second kappa shape index (κ2) is 6.96. The first kappa shape index (κ1) is 15.7. The maximum Gasteiger partial charge on any atom is 0.258 e. The summed E-state index contributed by atoms with van der Waals surface area (Å²) in [6.07, 6.45) is 5.54. The van der Waals surface area contributed by atoms with Crippen molar-refractivity contribution in [1.82, 2.24) is 9.97 Å². The summed E-state index contributed by atoms with van der Waals surface area (Å²) < 4.78 is 0. The average molecular weight is 331 g/mol. The lowest BCUT2D eigenvalue weighted by molar-refractivity contribution is 0.102. The summed E-state index contributed by atoms with van der Waals surface area (Å²) in [6, 6.07) is 7.03. The first-order valence-electron chi connectivity index (χ1n) is 7.76. The van der Waals surface area contributed by atoms with Crippen LogP contribution in [0.1, 0.15) is 30.1 Å². The maximum atomic E-state index is 12.2. The van der Waals surface area contributed by atoms with Crippen molar-refractivity contribution in [3.8, 4) is 0 Å². The molecule has 6 heteroatoms. The Morgan fingerprint density at radius 2 is 2.13 bits per heavy atom. The molecule has 1 aliphatic rings. The molecule has 0 saturated carbocycles. The number of piperidine rings is 1. The molecule has 2 aromatic rings. The highest BCUT2D eigenvalue weighted by Crippen LogP contribution is 2.20. The van der Waals surface area contributed by atoms with E-state index in [0.29, 0.717) is 28.1 Å². The standard InChI is InChI=1S/C17H19ClN4O/c1-12-4-3-7-22(11-12)17-19-9-13(10-20-17)16(23)21-15-6-2-5-14(18)8-15/h2,5-6,8-10,12H,3-4,7,11H2,1H3,(H,21,23). The summed E-state index contributed by atoms with van der Waals surface area (Å²) in [5.41, 5.74) is 1.08. The summed E-state index contributed by atoms with van der Waals surface area (Å²) >= 11 is 5.91. The number of halogens is 1. The number of aromatic nitrogens is 2. The molecule has 1 saturated heterocycles. The van der Waals surface area contributed by atoms with Gasteiger partial charge in [0.25, 0.3) is 5.91 Å². The smallest absolute Gasteiger partial charge is 0.258 e. The zero-order valence-electron chi connectivity index (χ0n) is 13.0. The predicted molar refractivity (Wildman–Crippen MR) is 92.0 cm³/mol. The van der Waals surface area contributed by atoms with Crippen LogP contribution in [0.2, 0.25) is 5.02 Å². The van der Waals surface area contributed by atoms with E-state index in [4.69, 9.17) is 11.6 Å². The largest absolute Gasteiger partial charge is 0.341 e. The summed E-state index contributed by atoms with van der Waals surface area (Å²) in [4.78, 5) is 23.1. The van der Waals surface area contributed by atoms with Gasteiger partial charge in [-0.1, -0.05) is 24.6 Å². The number of anilines is 2. The molecule has 0 bridgehead atoms. The van der Waals surface area contributed by atoms with Gasteiger partial charge in [-0.25, -0.2) is 9.97 Å². The molecule has 2 heterocycles. The van der Waals surface area contributed by atoms with Crippen LogP contribution < -0.4 is 10.2 Å². The van der Waals surface area contributed by atoms with Gasteiger partial charge in [0.05, 0.1) is 5.56 Å². The third-order valence-electron chi connectivity index (χ3n) is 3.92. The molecule has 1 aromatic heterocycles. The van der Waals surface area contributed by atoms with E-state index < -0.39 is 0 Å². The highest BCUT2D eigenvalue weighted by molar-refractivity contribution is 6.30. The van der Waals surface area contributed by atoms with Crippen LogP contribution in [0.15, 0.2) is 36.7 Å². The molecule has 1 atom stereocenters. The lowest BCUT2D eigenvalue weighted by Gasteiger charge is -2.30. The molecule has 1 aromatic carbocycles. The van der Waals surface area contributed by atoms with Gasteiger partial charge in [-0.3, -0.25) is 4.79 Å². The lowest BCUT2D eigenvalue weighted by atomic mass is 10.0. The number of carbonyl (C=O) groups excluding carboxylic acids is 1. The number of rotatable bonds is 3. The minimum Gasteiger partial charge on any atom is -0.341 e. The summed E-state index contributed by atoms with van der Waals surface area (Å²) in [5, 5.41) is 3.37. The van der Waals surface area contributed by atoms with Crippen molar-refractivity contribution in [2.24, 2.45) is 5.92 Å².